The summed E-state index contributed by atoms with van der Waals surface area (Å²) >= 11 is 0. The van der Waals surface area contributed by atoms with Crippen molar-refractivity contribution in [3.63, 3.8) is 0 Å². The molecule has 4 heteroatoms. The number of rotatable bonds is 8. The number of benzene rings is 2. The van der Waals surface area contributed by atoms with E-state index < -0.39 is 0 Å². The molecule has 0 spiro atoms. The molecule has 2 aromatic carbocycles. The number of aryl methyl sites for hydroxylation is 1. The number of carbonyl (C=O) groups is 1. The predicted molar refractivity (Wildman–Crippen MR) is 145 cm³/mol. The molecule has 1 heterocycles. The molecule has 1 aromatic heterocycles. The van der Waals surface area contributed by atoms with E-state index in [1.807, 2.05) is 0 Å². The molecular weight excluding hydrogens is 422 g/mol. The Morgan fingerprint density at radius 1 is 0.853 bits per heavy atom. The van der Waals surface area contributed by atoms with Crippen molar-refractivity contribution in [2.75, 3.05) is 13.7 Å². The summed E-state index contributed by atoms with van der Waals surface area (Å²) in [7, 11) is 1.00. The maximum atomic E-state index is 11.1. The Morgan fingerprint density at radius 3 is 1.76 bits per heavy atom. The van der Waals surface area contributed by atoms with Crippen LogP contribution in [0.25, 0.3) is 21.8 Å². The Labute approximate surface area is 205 Å². The van der Waals surface area contributed by atoms with Gasteiger partial charge in [-0.25, -0.2) is 4.79 Å². The van der Waals surface area contributed by atoms with Crippen molar-refractivity contribution in [3.05, 3.63) is 60.2 Å². The summed E-state index contributed by atoms with van der Waals surface area (Å²) in [6.07, 6.45) is 5.40. The fourth-order valence-electron chi connectivity index (χ4n) is 4.24. The van der Waals surface area contributed by atoms with Gasteiger partial charge in [0.2, 0.25) is 0 Å². The largest absolute Gasteiger partial charge is 0.463 e. The first-order chi connectivity index (χ1) is 16.0. The second kappa shape index (κ2) is 11.7. The van der Waals surface area contributed by atoms with Crippen LogP contribution in [0.5, 0.6) is 0 Å². The molecule has 34 heavy (non-hydrogen) atoms. The number of ether oxygens (including phenoxy) is 1. The van der Waals surface area contributed by atoms with Crippen LogP contribution in [0.3, 0.4) is 0 Å². The number of aliphatic hydroxyl groups is 1. The van der Waals surface area contributed by atoms with E-state index in [1.165, 1.54) is 39.0 Å². The van der Waals surface area contributed by atoms with Gasteiger partial charge in [-0.15, -0.1) is 0 Å². The van der Waals surface area contributed by atoms with Crippen molar-refractivity contribution < 1.29 is 14.6 Å². The van der Waals surface area contributed by atoms with Gasteiger partial charge in [0.1, 0.15) is 0 Å². The number of aromatic nitrogens is 1. The average Bonchev–Trinajstić information content (AvgIpc) is 3.11. The van der Waals surface area contributed by atoms with Crippen molar-refractivity contribution in [1.29, 1.82) is 0 Å². The molecule has 0 amide bonds. The highest BCUT2D eigenvalue weighted by Gasteiger charge is 2.19. The molecule has 0 atom stereocenters. The van der Waals surface area contributed by atoms with E-state index in [2.05, 4.69) is 89.1 Å². The van der Waals surface area contributed by atoms with E-state index in [1.54, 1.807) is 0 Å². The second-order valence-electron chi connectivity index (χ2n) is 10.9. The molecule has 0 aliphatic heterocycles. The van der Waals surface area contributed by atoms with Crippen molar-refractivity contribution in [2.45, 2.75) is 84.6 Å². The second-order valence-corrected chi connectivity index (χ2v) is 10.9. The molecular formula is C30H43NO3. The molecule has 3 rings (SSSR count). The highest BCUT2D eigenvalue weighted by molar-refractivity contribution is 6.08. The number of nitrogens with zero attached hydrogens (tertiary/aromatic N) is 1. The van der Waals surface area contributed by atoms with Crippen molar-refractivity contribution in [1.82, 2.24) is 4.57 Å². The molecule has 186 valence electrons. The Morgan fingerprint density at radius 2 is 1.32 bits per heavy atom. The lowest BCUT2D eigenvalue weighted by Crippen LogP contribution is -2.10. The standard InChI is InChI=1S/C29H39NO2.CH4O/c1-8-27(31)32-18-12-10-9-11-17-30-25-15-13-21(28(2,3)4)19-23(25)24-20-22(29(5,6)7)14-16-26(24)30;1-2/h8,13-16,19-20H,1,9-12,17-18H2,2-7H3;2H,1H3. The van der Waals surface area contributed by atoms with E-state index in [-0.39, 0.29) is 16.8 Å². The topological polar surface area (TPSA) is 51.5 Å². The number of esters is 1. The number of hydrogen-bond donors (Lipinski definition) is 1. The van der Waals surface area contributed by atoms with Crippen LogP contribution in [0.2, 0.25) is 0 Å². The van der Waals surface area contributed by atoms with E-state index in [0.717, 1.165) is 39.3 Å². The van der Waals surface area contributed by atoms with E-state index in [0.29, 0.717) is 6.61 Å². The van der Waals surface area contributed by atoms with Crippen molar-refractivity contribution >= 4 is 27.8 Å². The van der Waals surface area contributed by atoms with Gasteiger partial charge in [-0.05, 0) is 65.5 Å². The van der Waals surface area contributed by atoms with Gasteiger partial charge in [0.25, 0.3) is 0 Å². The van der Waals surface area contributed by atoms with Crippen LogP contribution in [0.1, 0.15) is 78.4 Å². The molecule has 0 radical (unpaired) electrons. The third-order valence-electron chi connectivity index (χ3n) is 6.28. The zero-order valence-corrected chi connectivity index (χ0v) is 22.2. The molecule has 0 aliphatic carbocycles. The zero-order valence-electron chi connectivity index (χ0n) is 22.2. The summed E-state index contributed by atoms with van der Waals surface area (Å²) in [4.78, 5) is 11.1. The Balaban J connectivity index is 0.00000199. The number of carbonyl (C=O) groups excluding carboxylic acids is 1. The minimum absolute atomic E-state index is 0.124. The van der Waals surface area contributed by atoms with Crippen LogP contribution in [0.15, 0.2) is 49.1 Å². The molecule has 0 aliphatic rings. The SMILES string of the molecule is C=CC(=O)OCCCCCCn1c2ccc(C(C)(C)C)cc2c2cc(C(C)(C)C)ccc21.CO. The smallest absolute Gasteiger partial charge is 0.330 e. The highest BCUT2D eigenvalue weighted by atomic mass is 16.5. The summed E-state index contributed by atoms with van der Waals surface area (Å²) in [5, 5.41) is 9.71. The lowest BCUT2D eigenvalue weighted by atomic mass is 9.85. The number of hydrogen-bond acceptors (Lipinski definition) is 3. The van der Waals surface area contributed by atoms with Crippen LogP contribution in [-0.2, 0) is 26.9 Å². The van der Waals surface area contributed by atoms with Crippen LogP contribution in [-0.4, -0.2) is 29.4 Å². The Kier molecular flexibility index (Phi) is 9.52. The van der Waals surface area contributed by atoms with E-state index >= 15 is 0 Å². The van der Waals surface area contributed by atoms with Gasteiger partial charge in [0, 0.05) is 41.5 Å². The monoisotopic (exact) mass is 465 g/mol. The molecule has 3 aromatic rings. The van der Waals surface area contributed by atoms with Crippen LogP contribution >= 0.6 is 0 Å². The summed E-state index contributed by atoms with van der Waals surface area (Å²) in [6, 6.07) is 14.0. The molecule has 1 N–H and O–H groups in total. The van der Waals surface area contributed by atoms with Gasteiger partial charge in [-0.2, -0.15) is 0 Å². The van der Waals surface area contributed by atoms with Crippen LogP contribution in [0.4, 0.5) is 0 Å². The Hall–Kier alpha value is -2.59. The van der Waals surface area contributed by atoms with Crippen molar-refractivity contribution in [2.24, 2.45) is 0 Å². The Bertz CT molecular complexity index is 1040. The highest BCUT2D eigenvalue weighted by Crippen LogP contribution is 2.36. The van der Waals surface area contributed by atoms with Gasteiger partial charge in [0.05, 0.1) is 6.61 Å². The number of unbranched alkanes of at least 4 members (excludes halogenated alkanes) is 3. The minimum Gasteiger partial charge on any atom is -0.463 e. The predicted octanol–water partition coefficient (Wildman–Crippen LogP) is 7.29. The molecule has 0 saturated heterocycles. The summed E-state index contributed by atoms with van der Waals surface area (Å²) in [5.74, 6) is -0.334. The van der Waals surface area contributed by atoms with Gasteiger partial charge in [-0.3, -0.25) is 0 Å². The molecule has 0 unspecified atom stereocenters. The lowest BCUT2D eigenvalue weighted by molar-refractivity contribution is -0.137. The van der Waals surface area contributed by atoms with Crippen molar-refractivity contribution in [3.8, 4) is 0 Å². The third-order valence-corrected chi connectivity index (χ3v) is 6.28. The molecule has 4 nitrogen and oxygen atoms in total. The first-order valence-corrected chi connectivity index (χ1v) is 12.3. The van der Waals surface area contributed by atoms with Gasteiger partial charge < -0.3 is 14.4 Å². The number of fused-ring (bicyclic) bond motifs is 3. The van der Waals surface area contributed by atoms with Gasteiger partial charge in [0.15, 0.2) is 0 Å². The normalized spacial score (nSPS) is 11.9. The summed E-state index contributed by atoms with van der Waals surface area (Å²) in [6.45, 7) is 18.6. The fourth-order valence-corrected chi connectivity index (χ4v) is 4.24. The van der Waals surface area contributed by atoms with Crippen LogP contribution in [0, 0.1) is 0 Å². The zero-order chi connectivity index (χ0) is 25.5. The average molecular weight is 466 g/mol. The molecule has 0 fully saturated rings. The maximum absolute atomic E-state index is 11.1. The first-order valence-electron chi connectivity index (χ1n) is 12.3. The third kappa shape index (κ3) is 6.73. The van der Waals surface area contributed by atoms with Gasteiger partial charge >= 0.3 is 5.97 Å². The quantitative estimate of drug-likeness (QED) is 0.216. The fraction of sp³-hybridized carbons (Fsp3) is 0.500. The first kappa shape index (κ1) is 27.7. The summed E-state index contributed by atoms with van der Waals surface area (Å²) < 4.78 is 7.56. The van der Waals surface area contributed by atoms with Gasteiger partial charge in [-0.1, -0.05) is 66.7 Å². The molecule has 0 saturated carbocycles. The lowest BCUT2D eigenvalue weighted by Gasteiger charge is -2.19. The van der Waals surface area contributed by atoms with Crippen LogP contribution < -0.4 is 0 Å². The number of aliphatic hydroxyl groups excluding tert-OH is 1. The maximum Gasteiger partial charge on any atom is 0.330 e. The summed E-state index contributed by atoms with van der Waals surface area (Å²) in [5.41, 5.74) is 5.63. The van der Waals surface area contributed by atoms with E-state index in [9.17, 15) is 4.79 Å². The minimum atomic E-state index is -0.334. The molecule has 0 bridgehead atoms. The van der Waals surface area contributed by atoms with E-state index in [4.69, 9.17) is 9.84 Å².